The van der Waals surface area contributed by atoms with Crippen molar-refractivity contribution in [3.05, 3.63) is 0 Å². The highest BCUT2D eigenvalue weighted by atomic mass is 32.2. The molecule has 0 aromatic carbocycles. The van der Waals surface area contributed by atoms with Gasteiger partial charge in [0.25, 0.3) is 0 Å². The van der Waals surface area contributed by atoms with Gasteiger partial charge in [0, 0.05) is 36.1 Å². The lowest BCUT2D eigenvalue weighted by Crippen LogP contribution is -2.55. The Kier molecular flexibility index (Phi) is 6.49. The molecule has 34 heavy (non-hydrogen) atoms. The highest BCUT2D eigenvalue weighted by molar-refractivity contribution is 7.99. The van der Waals surface area contributed by atoms with Gasteiger partial charge in [0.1, 0.15) is 29.0 Å². The number of ether oxygens (including phenoxy) is 3. The molecule has 192 valence electrons. The van der Waals surface area contributed by atoms with Gasteiger partial charge in [-0.2, -0.15) is 11.8 Å². The van der Waals surface area contributed by atoms with Crippen molar-refractivity contribution in [3.63, 3.8) is 0 Å². The van der Waals surface area contributed by atoms with Gasteiger partial charge in [-0.25, -0.2) is 13.1 Å². The Morgan fingerprint density at radius 2 is 1.82 bits per heavy atom. The summed E-state index contributed by atoms with van der Waals surface area (Å²) in [5.41, 5.74) is -1.28. The molecule has 2 bridgehead atoms. The minimum Gasteiger partial charge on any atom is -0.459 e. The molecule has 4 aliphatic heterocycles. The maximum atomic E-state index is 13.6. The van der Waals surface area contributed by atoms with Crippen LogP contribution >= 0.6 is 11.8 Å². The fraction of sp³-hybridized carbons (Fsp3) is 0.913. The van der Waals surface area contributed by atoms with Crippen LogP contribution in [-0.4, -0.2) is 91.1 Å². The summed E-state index contributed by atoms with van der Waals surface area (Å²) in [6, 6.07) is 0. The van der Waals surface area contributed by atoms with Crippen LogP contribution < -0.4 is 4.72 Å². The molecule has 5 fully saturated rings. The molecule has 4 heterocycles. The monoisotopic (exact) mass is 516 g/mol. The van der Waals surface area contributed by atoms with Gasteiger partial charge < -0.3 is 14.2 Å². The largest absolute Gasteiger partial charge is 0.459 e. The van der Waals surface area contributed by atoms with E-state index in [4.69, 9.17) is 14.2 Å². The molecular formula is C23H36N2O7S2. The van der Waals surface area contributed by atoms with E-state index < -0.39 is 68.5 Å². The van der Waals surface area contributed by atoms with Gasteiger partial charge in [-0.1, -0.05) is 6.92 Å². The minimum absolute atomic E-state index is 0.156. The third kappa shape index (κ3) is 4.19. The average molecular weight is 517 g/mol. The van der Waals surface area contributed by atoms with E-state index in [1.54, 1.807) is 0 Å². The molecule has 1 saturated carbocycles. The topological polar surface area (TPSA) is 111 Å². The highest BCUT2D eigenvalue weighted by Gasteiger charge is 2.73. The maximum absolute atomic E-state index is 13.6. The predicted molar refractivity (Wildman–Crippen MR) is 127 cm³/mol. The standard InChI is InChI=1S/C23H36N2O7S2/c1-4-23(7-5-6-8-23)32-21(27)15-17(30-14(26)13-25-9-11-33-12-10-25)19-16-20(18(15)31-19)34(28,29)24-22(16,2)3/h15-20,24H,4-13H2,1-3H3. The van der Waals surface area contributed by atoms with Gasteiger partial charge in [0.05, 0.1) is 12.6 Å². The van der Waals surface area contributed by atoms with Gasteiger partial charge in [0.2, 0.25) is 10.0 Å². The van der Waals surface area contributed by atoms with Gasteiger partial charge in [-0.3, -0.25) is 14.5 Å². The van der Waals surface area contributed by atoms with Crippen molar-refractivity contribution in [3.8, 4) is 0 Å². The number of hydrogen-bond donors (Lipinski definition) is 1. The average Bonchev–Trinajstić information content (AvgIpc) is 3.50. The zero-order valence-electron chi connectivity index (χ0n) is 20.2. The molecule has 0 radical (unpaired) electrons. The molecule has 0 aromatic rings. The van der Waals surface area contributed by atoms with Crippen LogP contribution in [0.3, 0.4) is 0 Å². The smallest absolute Gasteiger partial charge is 0.320 e. The summed E-state index contributed by atoms with van der Waals surface area (Å²) in [5, 5.41) is -0.861. The Hall–Kier alpha value is -0.880. The summed E-state index contributed by atoms with van der Waals surface area (Å²) in [4.78, 5) is 28.6. The predicted octanol–water partition coefficient (Wildman–Crippen LogP) is 1.31. The summed E-state index contributed by atoms with van der Waals surface area (Å²) in [6.07, 6.45) is 1.89. The third-order valence-electron chi connectivity index (χ3n) is 8.45. The second-order valence-electron chi connectivity index (χ2n) is 11.0. The summed E-state index contributed by atoms with van der Waals surface area (Å²) in [7, 11) is -3.69. The molecule has 1 aliphatic carbocycles. The third-order valence-corrected chi connectivity index (χ3v) is 11.5. The Bertz CT molecular complexity index is 928. The number of esters is 2. The van der Waals surface area contributed by atoms with E-state index in [9.17, 15) is 18.0 Å². The van der Waals surface area contributed by atoms with Crippen molar-refractivity contribution in [1.82, 2.24) is 9.62 Å². The van der Waals surface area contributed by atoms with Crippen molar-refractivity contribution < 1.29 is 32.2 Å². The van der Waals surface area contributed by atoms with E-state index >= 15 is 0 Å². The number of carbonyl (C=O) groups excluding carboxylic acids is 2. The molecule has 5 rings (SSSR count). The molecule has 0 aromatic heterocycles. The lowest BCUT2D eigenvalue weighted by molar-refractivity contribution is -0.175. The zero-order valence-corrected chi connectivity index (χ0v) is 21.8. The number of rotatable bonds is 6. The Labute approximate surface area is 206 Å². The van der Waals surface area contributed by atoms with Gasteiger partial charge >= 0.3 is 11.9 Å². The lowest BCUT2D eigenvalue weighted by Gasteiger charge is -2.38. The van der Waals surface area contributed by atoms with Crippen LogP contribution in [0, 0.1) is 11.8 Å². The van der Waals surface area contributed by atoms with Crippen LogP contribution in [0.5, 0.6) is 0 Å². The van der Waals surface area contributed by atoms with Crippen LogP contribution in [-0.2, 0) is 33.8 Å². The highest BCUT2D eigenvalue weighted by Crippen LogP contribution is 2.54. The van der Waals surface area contributed by atoms with E-state index in [2.05, 4.69) is 9.62 Å². The molecule has 0 amide bonds. The SMILES string of the molecule is CCC1(OC(=O)C2C(OC(=O)CN3CCSCC3)C3OC2C2C3C(C)(C)NS2(=O)=O)CCCC1. The first-order valence-electron chi connectivity index (χ1n) is 12.5. The lowest BCUT2D eigenvalue weighted by atomic mass is 9.72. The van der Waals surface area contributed by atoms with Gasteiger partial charge in [0.15, 0.2) is 0 Å². The van der Waals surface area contributed by atoms with Crippen LogP contribution in [0.25, 0.3) is 0 Å². The molecule has 6 unspecified atom stereocenters. The van der Waals surface area contributed by atoms with Crippen molar-refractivity contribution in [2.75, 3.05) is 31.1 Å². The van der Waals surface area contributed by atoms with Crippen molar-refractivity contribution in [2.24, 2.45) is 11.8 Å². The van der Waals surface area contributed by atoms with Gasteiger partial charge in [-0.15, -0.1) is 0 Å². The second-order valence-corrected chi connectivity index (χ2v) is 14.0. The molecule has 11 heteroatoms. The normalized spacial score (nSPS) is 39.6. The fourth-order valence-electron chi connectivity index (χ4n) is 6.76. The van der Waals surface area contributed by atoms with Crippen molar-refractivity contribution in [2.45, 2.75) is 87.6 Å². The van der Waals surface area contributed by atoms with Gasteiger partial charge in [-0.05, 0) is 46.0 Å². The number of sulfonamides is 1. The molecule has 9 nitrogen and oxygen atoms in total. The Morgan fingerprint density at radius 1 is 1.15 bits per heavy atom. The quantitative estimate of drug-likeness (QED) is 0.522. The van der Waals surface area contributed by atoms with Crippen LogP contribution in [0.4, 0.5) is 0 Å². The summed E-state index contributed by atoms with van der Waals surface area (Å²) >= 11 is 1.86. The first-order chi connectivity index (χ1) is 16.1. The van der Waals surface area contributed by atoms with Crippen LogP contribution in [0.2, 0.25) is 0 Å². The molecule has 4 saturated heterocycles. The second kappa shape index (κ2) is 8.90. The number of fused-ring (bicyclic) bond motifs is 5. The number of carbonyl (C=O) groups is 2. The number of nitrogens with one attached hydrogen (secondary N) is 1. The van der Waals surface area contributed by atoms with E-state index in [1.807, 2.05) is 32.5 Å². The van der Waals surface area contributed by atoms with E-state index in [-0.39, 0.29) is 6.54 Å². The van der Waals surface area contributed by atoms with E-state index in [0.717, 1.165) is 50.3 Å². The van der Waals surface area contributed by atoms with E-state index in [0.29, 0.717) is 6.42 Å². The molecule has 6 atom stereocenters. The summed E-state index contributed by atoms with van der Waals surface area (Å²) in [5.74, 6) is -0.314. The number of nitrogens with zero attached hydrogens (tertiary/aromatic N) is 1. The molecule has 1 N–H and O–H groups in total. The summed E-state index contributed by atoms with van der Waals surface area (Å²) in [6.45, 7) is 7.44. The van der Waals surface area contributed by atoms with Crippen molar-refractivity contribution in [1.29, 1.82) is 0 Å². The summed E-state index contributed by atoms with van der Waals surface area (Å²) < 4.78 is 47.0. The first-order valence-corrected chi connectivity index (χ1v) is 15.2. The first kappa shape index (κ1) is 24.8. The maximum Gasteiger partial charge on any atom is 0.320 e. The number of thioether (sulfide) groups is 1. The van der Waals surface area contributed by atoms with Crippen LogP contribution in [0.15, 0.2) is 0 Å². The minimum atomic E-state index is -3.69. The van der Waals surface area contributed by atoms with E-state index in [1.165, 1.54) is 0 Å². The fourth-order valence-corrected chi connectivity index (χ4v) is 10.2. The number of hydrogen-bond acceptors (Lipinski definition) is 9. The van der Waals surface area contributed by atoms with Crippen LogP contribution in [0.1, 0.15) is 52.9 Å². The molecule has 0 spiro atoms. The Morgan fingerprint density at radius 3 is 2.47 bits per heavy atom. The Balaban J connectivity index is 1.40. The zero-order chi connectivity index (χ0) is 24.3. The van der Waals surface area contributed by atoms with Crippen molar-refractivity contribution >= 4 is 33.7 Å². The molecular weight excluding hydrogens is 480 g/mol. The molecule has 5 aliphatic rings.